The van der Waals surface area contributed by atoms with E-state index < -0.39 is 47.4 Å². The molecule has 0 aliphatic carbocycles. The van der Waals surface area contributed by atoms with Gasteiger partial charge in [-0.15, -0.1) is 0 Å². The van der Waals surface area contributed by atoms with Crippen LogP contribution in [0.25, 0.3) is 0 Å². The van der Waals surface area contributed by atoms with Crippen LogP contribution in [-0.2, 0) is 126 Å². The van der Waals surface area contributed by atoms with Crippen molar-refractivity contribution in [2.24, 2.45) is 0 Å². The van der Waals surface area contributed by atoms with Gasteiger partial charge in [0.15, 0.2) is 0 Å². The summed E-state index contributed by atoms with van der Waals surface area (Å²) in [7, 11) is -33.8. The van der Waals surface area contributed by atoms with Gasteiger partial charge in [-0.25, -0.2) is 143 Å². The molecular weight excluding hydrogens is 1160 g/mol. The van der Waals surface area contributed by atoms with E-state index in [0.29, 0.717) is 0 Å². The van der Waals surface area contributed by atoms with Crippen LogP contribution in [0.15, 0.2) is 75.9 Å². The van der Waals surface area contributed by atoms with Crippen molar-refractivity contribution in [3.63, 3.8) is 0 Å². The molecule has 0 saturated heterocycles. The largest absolute Gasteiger partial charge is 3.00 e. The number of hydrogen-bond acceptors (Lipinski definition) is 18. The Balaban J connectivity index is -0.0000000163. The third-order valence-electron chi connectivity index (χ3n) is 0. The summed E-state index contributed by atoms with van der Waals surface area (Å²) >= 11 is 0. The van der Waals surface area contributed by atoms with Crippen molar-refractivity contribution in [3.8, 4) is 0 Å². The number of allylic oxidation sites excluding steroid dienone is 6. The first kappa shape index (κ1) is 117. The Labute approximate surface area is 372 Å². The van der Waals surface area contributed by atoms with E-state index in [2.05, 4.69) is 81.0 Å². The molecule has 36 heteroatoms. The minimum absolute atomic E-state index is 0. The average Bonchev–Trinajstić information content (AvgIpc) is 2.63. The second kappa shape index (κ2) is 82.1. The number of hydrogen-bond donors (Lipinski definition) is 0. The second-order valence-electron chi connectivity index (χ2n) is 4.32. The fourth-order valence-electron chi connectivity index (χ4n) is 0. The van der Waals surface area contributed by atoms with Crippen LogP contribution in [0.1, 0.15) is 0 Å². The van der Waals surface area contributed by atoms with Crippen molar-refractivity contribution in [2.75, 3.05) is 0 Å². The maximum absolute atomic E-state index is 10.1. The van der Waals surface area contributed by atoms with E-state index in [-0.39, 0.29) is 98.9 Å². The molecule has 0 aromatic rings. The molecule has 0 unspecified atom stereocenters. The Morgan fingerprint density at radius 3 is 0.278 bits per heavy atom. The van der Waals surface area contributed by atoms with E-state index in [9.17, 15) is 25.2 Å². The van der Waals surface area contributed by atoms with Crippen LogP contribution >= 0.6 is 47.4 Å². The smallest absolute Gasteiger partial charge is 0.786 e. The Kier molecular flexibility index (Phi) is 178. The van der Waals surface area contributed by atoms with Gasteiger partial charge >= 0.3 is 98.9 Å². The molecule has 0 atom stereocenters. The molecule has 342 valence electrons. The summed E-state index contributed by atoms with van der Waals surface area (Å²) in [6, 6.07) is 0. The monoisotopic (exact) mass is 1180 g/mol. The maximum Gasteiger partial charge on any atom is 3.00 e. The van der Waals surface area contributed by atoms with Crippen LogP contribution < -0.4 is 58.7 Å². The molecule has 0 aliphatic rings. The van der Waals surface area contributed by atoms with E-state index in [4.69, 9.17) is 86.1 Å². The van der Waals surface area contributed by atoms with Gasteiger partial charge in [-0.05, 0) is 0 Å². The van der Waals surface area contributed by atoms with Gasteiger partial charge in [0.25, 0.3) is 0 Å². The molecule has 18 nitrogen and oxygen atoms in total. The summed E-state index contributed by atoms with van der Waals surface area (Å²) in [5.41, 5.74) is 0. The SMILES string of the molecule is C=C[CH2-].C=C[CH2-].C=C[CH2-].C=C[CH2-].C=C[CH2-].C=C[CH2-].O=P([O-])([O-])F.O=P([O-])([O-])F.O=P([O-])([O-])F.O=P([O-])([O-])F.O=P([O-])([O-])F.O=P([O-])([O-])F.[Ni+3].[Ni+3].[Ni+3].[Ni+3].[Ni+3].[Ni+3]. The normalized spacial score (nSPS) is 7.89. The van der Waals surface area contributed by atoms with E-state index in [1.807, 2.05) is 0 Å². The number of halogens is 6. The zero-order valence-electron chi connectivity index (χ0n) is 26.1. The zero-order valence-corrected chi connectivity index (χ0v) is 37.4. The van der Waals surface area contributed by atoms with Crippen molar-refractivity contribution < 1.29 is 210 Å². The van der Waals surface area contributed by atoms with Gasteiger partial charge in [-0.3, -0.25) is 0 Å². The van der Waals surface area contributed by atoms with E-state index in [0.717, 1.165) is 0 Å². The Hall–Kier alpha value is 1.10. The third-order valence-corrected chi connectivity index (χ3v) is 0. The second-order valence-corrected chi connectivity index (χ2v) is 9.48. The van der Waals surface area contributed by atoms with Crippen LogP contribution in [0, 0.1) is 41.5 Å². The molecule has 0 rings (SSSR count). The molecule has 0 spiro atoms. The maximum atomic E-state index is 10.1. The number of rotatable bonds is 0. The summed E-state index contributed by atoms with van der Waals surface area (Å²) < 4.78 is 111. The van der Waals surface area contributed by atoms with E-state index in [1.165, 1.54) is 36.5 Å². The van der Waals surface area contributed by atoms with Gasteiger partial charge in [0.2, 0.25) is 0 Å². The molecular formula is C18H30F6Ni6O18P6. The summed E-state index contributed by atoms with van der Waals surface area (Å²) in [4.78, 5) is 101. The first-order valence-corrected chi connectivity index (χ1v) is 17.8. The predicted molar refractivity (Wildman–Crippen MR) is 146 cm³/mol. The summed E-state index contributed by atoms with van der Waals surface area (Å²) in [6.45, 7) is 39.0. The topological polar surface area (TPSA) is 379 Å². The molecule has 0 aliphatic heterocycles. The third kappa shape index (κ3) is 119000. The molecule has 0 heterocycles. The van der Waals surface area contributed by atoms with Crippen molar-refractivity contribution in [1.82, 2.24) is 0 Å². The van der Waals surface area contributed by atoms with Crippen LogP contribution in [0.4, 0.5) is 25.2 Å². The molecule has 0 saturated carbocycles. The average molecular weight is 1190 g/mol. The summed E-state index contributed by atoms with van der Waals surface area (Å²) in [5, 5.41) is 0. The van der Waals surface area contributed by atoms with Crippen LogP contribution in [0.5, 0.6) is 0 Å². The molecule has 0 bridgehead atoms. The van der Waals surface area contributed by atoms with Crippen molar-refractivity contribution in [2.45, 2.75) is 0 Å². The Morgan fingerprint density at radius 2 is 0.278 bits per heavy atom. The van der Waals surface area contributed by atoms with Crippen molar-refractivity contribution in [3.05, 3.63) is 117 Å². The predicted octanol–water partition coefficient (Wildman–Crippen LogP) is -1.27. The molecule has 6 radical (unpaired) electrons. The fourth-order valence-corrected chi connectivity index (χ4v) is 0. The quantitative estimate of drug-likeness (QED) is 0.118. The molecule has 0 fully saturated rings. The van der Waals surface area contributed by atoms with Gasteiger partial charge in [0, 0.05) is 0 Å². The first-order chi connectivity index (χ1) is 20.5. The van der Waals surface area contributed by atoms with Crippen LogP contribution in [0.3, 0.4) is 0 Å². The van der Waals surface area contributed by atoms with Gasteiger partial charge in [-0.1, -0.05) is 0 Å². The summed E-state index contributed by atoms with van der Waals surface area (Å²) in [5.74, 6) is 0. The molecule has 0 N–H and O–H groups in total. The Morgan fingerprint density at radius 1 is 0.278 bits per heavy atom. The summed E-state index contributed by atoms with van der Waals surface area (Å²) in [6.07, 6.45) is 9.00. The van der Waals surface area contributed by atoms with Crippen LogP contribution in [0.2, 0.25) is 0 Å². The van der Waals surface area contributed by atoms with Crippen molar-refractivity contribution in [1.29, 1.82) is 0 Å². The Bertz CT molecular complexity index is 759. The van der Waals surface area contributed by atoms with Gasteiger partial charge in [0.05, 0.1) is 0 Å². The fraction of sp³-hybridized carbons (Fsp3) is 0. The molecule has 0 aromatic carbocycles. The zero-order chi connectivity index (χ0) is 43.2. The molecule has 0 amide bonds. The molecule has 0 aromatic heterocycles. The van der Waals surface area contributed by atoms with Gasteiger partial charge in [0.1, 0.15) is 47.4 Å². The van der Waals surface area contributed by atoms with Crippen LogP contribution in [-0.4, -0.2) is 0 Å². The molecule has 54 heavy (non-hydrogen) atoms. The van der Waals surface area contributed by atoms with Crippen molar-refractivity contribution >= 4 is 47.4 Å². The first-order valence-electron chi connectivity index (χ1n) is 9.20. The standard InChI is InChI=1S/6C3H5.6FH2O3P.6Ni/c6*1-3-2;6*1-5(2,3)4;;;;;;/h6*3H,1-2H2;6*(H2,2,3,4);;;;;;/q6*-1;;;;;;;6*+3/p-12. The van der Waals surface area contributed by atoms with Gasteiger partial charge < -0.3 is 86.1 Å². The minimum Gasteiger partial charge on any atom is -0.786 e. The minimum atomic E-state index is -5.64. The van der Waals surface area contributed by atoms with Gasteiger partial charge in [-0.2, -0.15) is 0 Å². The van der Waals surface area contributed by atoms with E-state index in [1.54, 1.807) is 0 Å². The van der Waals surface area contributed by atoms with E-state index >= 15 is 0 Å².